The van der Waals surface area contributed by atoms with E-state index in [4.69, 9.17) is 5.73 Å². The van der Waals surface area contributed by atoms with E-state index in [1.54, 1.807) is 6.92 Å². The number of alkyl halides is 3. The summed E-state index contributed by atoms with van der Waals surface area (Å²) in [5.74, 6) is -0.520. The summed E-state index contributed by atoms with van der Waals surface area (Å²) in [5.41, 5.74) is 4.34. The first kappa shape index (κ1) is 17.2. The second kappa shape index (κ2) is 6.94. The van der Waals surface area contributed by atoms with Gasteiger partial charge in [-0.1, -0.05) is 6.92 Å². The molecule has 0 heterocycles. The first-order valence-corrected chi connectivity index (χ1v) is 5.86. The van der Waals surface area contributed by atoms with E-state index in [-0.39, 0.29) is 6.61 Å². The van der Waals surface area contributed by atoms with Crippen molar-refractivity contribution < 1.29 is 22.7 Å². The molecule has 0 aromatic rings. The van der Waals surface area contributed by atoms with Crippen molar-refractivity contribution >= 4 is 5.91 Å². The lowest BCUT2D eigenvalue weighted by atomic mass is 9.95. The van der Waals surface area contributed by atoms with Gasteiger partial charge in [-0.15, -0.1) is 0 Å². The number of halogens is 3. The van der Waals surface area contributed by atoms with Gasteiger partial charge in [-0.05, 0) is 33.2 Å². The van der Waals surface area contributed by atoms with Crippen LogP contribution < -0.4 is 11.1 Å². The fraction of sp³-hybridized carbons (Fsp3) is 0.909. The van der Waals surface area contributed by atoms with Crippen LogP contribution in [0.1, 0.15) is 33.6 Å². The van der Waals surface area contributed by atoms with Gasteiger partial charge in [-0.2, -0.15) is 13.2 Å². The molecule has 2 atom stereocenters. The number of hydrogen-bond acceptors (Lipinski definition) is 3. The molecular formula is C11H21F3N2O2. The second-order valence-electron chi connectivity index (χ2n) is 4.38. The molecule has 0 aromatic carbocycles. The Morgan fingerprint density at radius 1 is 1.44 bits per heavy atom. The van der Waals surface area contributed by atoms with Crippen LogP contribution in [-0.4, -0.2) is 36.9 Å². The van der Waals surface area contributed by atoms with Crippen molar-refractivity contribution in [3.05, 3.63) is 0 Å². The number of ether oxygens (including phenoxy) is 1. The summed E-state index contributed by atoms with van der Waals surface area (Å²) in [4.78, 5) is 11.2. The zero-order chi connectivity index (χ0) is 14.4. The van der Waals surface area contributed by atoms with Crippen LogP contribution in [-0.2, 0) is 9.53 Å². The van der Waals surface area contributed by atoms with Crippen molar-refractivity contribution in [1.29, 1.82) is 0 Å². The average molecular weight is 270 g/mol. The van der Waals surface area contributed by atoms with Crippen LogP contribution in [0.2, 0.25) is 0 Å². The highest BCUT2D eigenvalue weighted by Gasteiger charge is 2.37. The van der Waals surface area contributed by atoms with E-state index in [1.165, 1.54) is 0 Å². The monoisotopic (exact) mass is 270 g/mol. The molecule has 0 aromatic heterocycles. The molecular weight excluding hydrogens is 249 g/mol. The predicted molar refractivity (Wildman–Crippen MR) is 62.0 cm³/mol. The highest BCUT2D eigenvalue weighted by Crippen LogP contribution is 2.22. The largest absolute Gasteiger partial charge is 0.414 e. The summed E-state index contributed by atoms with van der Waals surface area (Å²) in [6.07, 6.45) is -5.49. The number of likely N-dealkylation sites (N-methyl/N-ethyl adjacent to an activating group) is 1. The summed E-state index contributed by atoms with van der Waals surface area (Å²) >= 11 is 0. The van der Waals surface area contributed by atoms with E-state index in [9.17, 15) is 18.0 Å². The van der Waals surface area contributed by atoms with E-state index in [1.807, 2.05) is 6.92 Å². The smallest absolute Gasteiger partial charge is 0.369 e. The summed E-state index contributed by atoms with van der Waals surface area (Å²) < 4.78 is 41.1. The Morgan fingerprint density at radius 3 is 2.39 bits per heavy atom. The fourth-order valence-electron chi connectivity index (χ4n) is 1.47. The topological polar surface area (TPSA) is 64.3 Å². The number of amides is 1. The molecule has 0 aliphatic heterocycles. The van der Waals surface area contributed by atoms with E-state index >= 15 is 0 Å². The maximum Gasteiger partial charge on any atom is 0.414 e. The molecule has 0 aliphatic rings. The van der Waals surface area contributed by atoms with Crippen LogP contribution in [0.5, 0.6) is 0 Å². The molecule has 0 aliphatic carbocycles. The normalized spacial score (nSPS) is 17.2. The minimum atomic E-state index is -4.35. The second-order valence-corrected chi connectivity index (χ2v) is 4.38. The van der Waals surface area contributed by atoms with E-state index in [2.05, 4.69) is 10.1 Å². The molecule has 0 saturated carbocycles. The summed E-state index contributed by atoms with van der Waals surface area (Å²) in [7, 11) is 0. The average Bonchev–Trinajstić information content (AvgIpc) is 2.22. The number of hydrogen-bond donors (Lipinski definition) is 2. The summed E-state index contributed by atoms with van der Waals surface area (Å²) in [5, 5.41) is 2.92. The molecule has 0 radical (unpaired) electrons. The van der Waals surface area contributed by atoms with Crippen LogP contribution in [0.4, 0.5) is 13.2 Å². The SMILES string of the molecule is CCNC(C)(CCCOC(C)C(F)(F)F)C(N)=O. The maximum atomic E-state index is 12.1. The quantitative estimate of drug-likeness (QED) is 0.658. The molecule has 18 heavy (non-hydrogen) atoms. The lowest BCUT2D eigenvalue weighted by Crippen LogP contribution is -2.53. The Morgan fingerprint density at radius 2 is 2.00 bits per heavy atom. The van der Waals surface area contributed by atoms with E-state index in [0.717, 1.165) is 6.92 Å². The molecule has 0 bridgehead atoms. The van der Waals surface area contributed by atoms with Gasteiger partial charge < -0.3 is 15.8 Å². The molecule has 1 amide bonds. The molecule has 7 heteroatoms. The van der Waals surface area contributed by atoms with Crippen LogP contribution in [0.25, 0.3) is 0 Å². The van der Waals surface area contributed by atoms with Crippen molar-refractivity contribution in [3.8, 4) is 0 Å². The molecule has 3 N–H and O–H groups in total. The van der Waals surface area contributed by atoms with E-state index in [0.29, 0.717) is 19.4 Å². The maximum absolute atomic E-state index is 12.1. The Bertz CT molecular complexity index is 272. The van der Waals surface area contributed by atoms with Crippen molar-refractivity contribution in [3.63, 3.8) is 0 Å². The van der Waals surface area contributed by atoms with Gasteiger partial charge in [-0.25, -0.2) is 0 Å². The molecule has 4 nitrogen and oxygen atoms in total. The molecule has 0 saturated heterocycles. The van der Waals surface area contributed by atoms with Crippen LogP contribution in [0.15, 0.2) is 0 Å². The van der Waals surface area contributed by atoms with Gasteiger partial charge in [0.15, 0.2) is 6.10 Å². The zero-order valence-electron chi connectivity index (χ0n) is 10.9. The van der Waals surface area contributed by atoms with Gasteiger partial charge in [0.2, 0.25) is 5.91 Å². The third-order valence-corrected chi connectivity index (χ3v) is 2.76. The van der Waals surface area contributed by atoms with Crippen molar-refractivity contribution in [2.45, 2.75) is 51.4 Å². The lowest BCUT2D eigenvalue weighted by Gasteiger charge is -2.27. The molecule has 0 fully saturated rings. The van der Waals surface area contributed by atoms with Gasteiger partial charge in [0.25, 0.3) is 0 Å². The third kappa shape index (κ3) is 5.68. The number of carbonyl (C=O) groups is 1. The fourth-order valence-corrected chi connectivity index (χ4v) is 1.47. The summed E-state index contributed by atoms with van der Waals surface area (Å²) in [6.45, 7) is 4.90. The Kier molecular flexibility index (Phi) is 6.62. The number of primary amides is 1. The van der Waals surface area contributed by atoms with Crippen molar-refractivity contribution in [2.75, 3.05) is 13.2 Å². The third-order valence-electron chi connectivity index (χ3n) is 2.76. The number of nitrogens with one attached hydrogen (secondary N) is 1. The number of rotatable bonds is 8. The zero-order valence-corrected chi connectivity index (χ0v) is 10.9. The van der Waals surface area contributed by atoms with Crippen LogP contribution in [0, 0.1) is 0 Å². The van der Waals surface area contributed by atoms with E-state index < -0.39 is 23.7 Å². The summed E-state index contributed by atoms with van der Waals surface area (Å²) in [6, 6.07) is 0. The van der Waals surface area contributed by atoms with Gasteiger partial charge >= 0.3 is 6.18 Å². The highest BCUT2D eigenvalue weighted by molar-refractivity contribution is 5.84. The van der Waals surface area contributed by atoms with Crippen LogP contribution in [0.3, 0.4) is 0 Å². The first-order chi connectivity index (χ1) is 8.13. The molecule has 0 rings (SSSR count). The van der Waals surface area contributed by atoms with Crippen LogP contribution >= 0.6 is 0 Å². The Labute approximate surface area is 105 Å². The minimum absolute atomic E-state index is 0.0606. The first-order valence-electron chi connectivity index (χ1n) is 5.86. The predicted octanol–water partition coefficient (Wildman–Crippen LogP) is 1.59. The van der Waals surface area contributed by atoms with Gasteiger partial charge in [0.1, 0.15) is 0 Å². The van der Waals surface area contributed by atoms with Crippen molar-refractivity contribution in [2.24, 2.45) is 5.73 Å². The number of nitrogens with two attached hydrogens (primary N) is 1. The van der Waals surface area contributed by atoms with Crippen molar-refractivity contribution in [1.82, 2.24) is 5.32 Å². The minimum Gasteiger partial charge on any atom is -0.369 e. The van der Waals surface area contributed by atoms with Gasteiger partial charge in [0, 0.05) is 6.61 Å². The standard InChI is InChI=1S/C11H21F3N2O2/c1-4-16-10(3,9(15)17)6-5-7-18-8(2)11(12,13)14/h8,16H,4-7H2,1-3H3,(H2,15,17). The van der Waals surface area contributed by atoms with Gasteiger partial charge in [0.05, 0.1) is 5.54 Å². The highest BCUT2D eigenvalue weighted by atomic mass is 19.4. The molecule has 2 unspecified atom stereocenters. The Balaban J connectivity index is 4.06. The molecule has 0 spiro atoms. The lowest BCUT2D eigenvalue weighted by molar-refractivity contribution is -0.214. The molecule has 108 valence electrons. The Hall–Kier alpha value is -0.820. The van der Waals surface area contributed by atoms with Gasteiger partial charge in [-0.3, -0.25) is 4.79 Å². The number of carbonyl (C=O) groups excluding carboxylic acids is 1.